The van der Waals surface area contributed by atoms with Crippen LogP contribution in [0.5, 0.6) is 0 Å². The van der Waals surface area contributed by atoms with E-state index >= 15 is 0 Å². The van der Waals surface area contributed by atoms with Crippen LogP contribution in [-0.2, 0) is 19.1 Å². The first-order valence-corrected chi connectivity index (χ1v) is 12.3. The van der Waals surface area contributed by atoms with Crippen molar-refractivity contribution in [2.24, 2.45) is 11.8 Å². The molecule has 3 atom stereocenters. The first-order chi connectivity index (χ1) is 16.1. The summed E-state index contributed by atoms with van der Waals surface area (Å²) in [6.07, 6.45) is 6.17. The number of anilines is 1. The Hall–Kier alpha value is -2.16. The molecular weight excluding hydrogens is 422 g/mol. The first kappa shape index (κ1) is 24.0. The molecular formula is C25H37N3O5. The van der Waals surface area contributed by atoms with E-state index in [4.69, 9.17) is 9.47 Å². The van der Waals surface area contributed by atoms with Crippen molar-refractivity contribution < 1.29 is 24.3 Å². The smallest absolute Gasteiger partial charge is 0.247 e. The quantitative estimate of drug-likeness (QED) is 0.502. The van der Waals surface area contributed by atoms with Crippen LogP contribution in [-0.4, -0.2) is 73.5 Å². The van der Waals surface area contributed by atoms with E-state index in [0.29, 0.717) is 32.0 Å². The van der Waals surface area contributed by atoms with Crippen molar-refractivity contribution in [1.29, 1.82) is 0 Å². The summed E-state index contributed by atoms with van der Waals surface area (Å²) in [6.45, 7) is 2.82. The van der Waals surface area contributed by atoms with Gasteiger partial charge in [-0.25, -0.2) is 5.48 Å². The Balaban J connectivity index is 1.32. The Kier molecular flexibility index (Phi) is 8.22. The predicted molar refractivity (Wildman–Crippen MR) is 124 cm³/mol. The number of amides is 2. The van der Waals surface area contributed by atoms with Gasteiger partial charge >= 0.3 is 0 Å². The number of para-hydroxylation sites is 1. The number of piperazine rings is 1. The highest BCUT2D eigenvalue weighted by Gasteiger charge is 2.42. The van der Waals surface area contributed by atoms with Crippen LogP contribution in [0.4, 0.5) is 5.69 Å². The van der Waals surface area contributed by atoms with E-state index in [9.17, 15) is 14.8 Å². The molecule has 1 aliphatic heterocycles. The van der Waals surface area contributed by atoms with Gasteiger partial charge in [-0.05, 0) is 57.1 Å². The van der Waals surface area contributed by atoms with Gasteiger partial charge in [-0.15, -0.1) is 0 Å². The van der Waals surface area contributed by atoms with Crippen LogP contribution in [0.3, 0.4) is 0 Å². The molecule has 0 radical (unpaired) electrons. The summed E-state index contributed by atoms with van der Waals surface area (Å²) >= 11 is 0. The van der Waals surface area contributed by atoms with E-state index < -0.39 is 17.7 Å². The molecule has 2 saturated carbocycles. The lowest BCUT2D eigenvalue weighted by Gasteiger charge is -2.41. The molecule has 33 heavy (non-hydrogen) atoms. The number of methoxy groups -OCH3 is 1. The summed E-state index contributed by atoms with van der Waals surface area (Å²) in [5.74, 6) is -1.43. The van der Waals surface area contributed by atoms with Crippen LogP contribution in [0.25, 0.3) is 0 Å². The van der Waals surface area contributed by atoms with Gasteiger partial charge in [0.2, 0.25) is 11.8 Å². The molecule has 8 heteroatoms. The number of benzene rings is 1. The Labute approximate surface area is 196 Å². The highest BCUT2D eigenvalue weighted by atomic mass is 16.5. The Bertz CT molecular complexity index is 776. The predicted octanol–water partition coefficient (Wildman–Crippen LogP) is 2.60. The van der Waals surface area contributed by atoms with Gasteiger partial charge in [0.05, 0.1) is 24.2 Å². The summed E-state index contributed by atoms with van der Waals surface area (Å²) in [5, 5.41) is 9.34. The van der Waals surface area contributed by atoms with Crippen LogP contribution < -0.4 is 10.4 Å². The minimum absolute atomic E-state index is 0.0235. The fraction of sp³-hybridized carbons (Fsp3) is 0.680. The van der Waals surface area contributed by atoms with Gasteiger partial charge in [-0.1, -0.05) is 18.2 Å². The normalized spacial score (nSPS) is 30.7. The van der Waals surface area contributed by atoms with Crippen LogP contribution in [0.1, 0.15) is 44.9 Å². The lowest BCUT2D eigenvalue weighted by atomic mass is 9.76. The second-order valence-corrected chi connectivity index (χ2v) is 9.54. The Morgan fingerprint density at radius 3 is 2.15 bits per heavy atom. The van der Waals surface area contributed by atoms with Crippen molar-refractivity contribution in [2.75, 3.05) is 38.2 Å². The standard InChI is InChI=1S/C25H37N3O5/c1-32-19-7-9-20(10-8-19)33-21-11-12-22(23(17-21)24(29)26-31)25(30)28-15-13-27(14-16-28)18-5-3-2-4-6-18/h2-6,19-23,31H,7-17H2,1H3,(H,26,29)/t19?,20?,21-,22+,23+/m1/s1. The van der Waals surface area contributed by atoms with Crippen molar-refractivity contribution in [3.63, 3.8) is 0 Å². The first-order valence-electron chi connectivity index (χ1n) is 12.3. The molecule has 0 bridgehead atoms. The average molecular weight is 460 g/mol. The molecule has 2 aliphatic carbocycles. The highest BCUT2D eigenvalue weighted by Crippen LogP contribution is 2.36. The molecule has 1 aromatic carbocycles. The van der Waals surface area contributed by atoms with Gasteiger partial charge in [0.15, 0.2) is 0 Å². The van der Waals surface area contributed by atoms with Crippen LogP contribution in [0.2, 0.25) is 0 Å². The third kappa shape index (κ3) is 5.86. The van der Waals surface area contributed by atoms with E-state index in [1.807, 2.05) is 23.1 Å². The fourth-order valence-corrected chi connectivity index (χ4v) is 5.66. The zero-order chi connectivity index (χ0) is 23.2. The number of hydroxylamine groups is 1. The number of nitrogens with one attached hydrogen (secondary N) is 1. The monoisotopic (exact) mass is 459 g/mol. The van der Waals surface area contributed by atoms with Crippen LogP contribution >= 0.6 is 0 Å². The van der Waals surface area contributed by atoms with Gasteiger partial charge in [-0.2, -0.15) is 0 Å². The van der Waals surface area contributed by atoms with Crippen molar-refractivity contribution >= 4 is 17.5 Å². The maximum atomic E-state index is 13.4. The lowest BCUT2D eigenvalue weighted by molar-refractivity contribution is -0.152. The molecule has 0 aromatic heterocycles. The fourth-order valence-electron chi connectivity index (χ4n) is 5.66. The number of hydrogen-bond donors (Lipinski definition) is 2. The molecule has 3 aliphatic rings. The van der Waals surface area contributed by atoms with E-state index in [2.05, 4.69) is 17.0 Å². The zero-order valence-electron chi connectivity index (χ0n) is 19.5. The molecule has 2 amide bonds. The maximum Gasteiger partial charge on any atom is 0.247 e. The van der Waals surface area contributed by atoms with E-state index in [-0.39, 0.29) is 18.1 Å². The van der Waals surface area contributed by atoms with Crippen molar-refractivity contribution in [3.8, 4) is 0 Å². The van der Waals surface area contributed by atoms with Crippen molar-refractivity contribution in [1.82, 2.24) is 10.4 Å². The number of carbonyl (C=O) groups excluding carboxylic acids is 2. The lowest BCUT2D eigenvalue weighted by Crippen LogP contribution is -2.53. The summed E-state index contributed by atoms with van der Waals surface area (Å²) in [5.41, 5.74) is 2.96. The third-order valence-electron chi connectivity index (χ3n) is 7.62. The summed E-state index contributed by atoms with van der Waals surface area (Å²) < 4.78 is 11.8. The van der Waals surface area contributed by atoms with E-state index in [0.717, 1.165) is 45.2 Å². The second-order valence-electron chi connectivity index (χ2n) is 9.54. The highest BCUT2D eigenvalue weighted by molar-refractivity contribution is 5.87. The Morgan fingerprint density at radius 1 is 0.879 bits per heavy atom. The topological polar surface area (TPSA) is 91.3 Å². The molecule has 3 fully saturated rings. The van der Waals surface area contributed by atoms with Gasteiger partial charge < -0.3 is 19.3 Å². The molecule has 0 unspecified atom stereocenters. The van der Waals surface area contributed by atoms with Gasteiger partial charge in [0.25, 0.3) is 0 Å². The van der Waals surface area contributed by atoms with Crippen LogP contribution in [0.15, 0.2) is 30.3 Å². The molecule has 4 rings (SSSR count). The molecule has 1 aromatic rings. The minimum Gasteiger partial charge on any atom is -0.381 e. The summed E-state index contributed by atoms with van der Waals surface area (Å²) in [7, 11) is 1.75. The second kappa shape index (κ2) is 11.3. The molecule has 182 valence electrons. The number of ether oxygens (including phenoxy) is 2. The number of rotatable bonds is 6. The molecule has 2 N–H and O–H groups in total. The Morgan fingerprint density at radius 2 is 1.52 bits per heavy atom. The van der Waals surface area contributed by atoms with E-state index in [1.54, 1.807) is 12.6 Å². The maximum absolute atomic E-state index is 13.4. The van der Waals surface area contributed by atoms with Crippen molar-refractivity contribution in [2.45, 2.75) is 63.3 Å². The molecule has 0 spiro atoms. The molecule has 1 saturated heterocycles. The minimum atomic E-state index is -0.566. The number of carbonyl (C=O) groups is 2. The van der Waals surface area contributed by atoms with Crippen molar-refractivity contribution in [3.05, 3.63) is 30.3 Å². The van der Waals surface area contributed by atoms with Gasteiger partial charge in [-0.3, -0.25) is 14.8 Å². The van der Waals surface area contributed by atoms with Gasteiger partial charge in [0, 0.05) is 44.9 Å². The zero-order valence-corrected chi connectivity index (χ0v) is 19.5. The van der Waals surface area contributed by atoms with Crippen LogP contribution in [0, 0.1) is 11.8 Å². The average Bonchev–Trinajstić information content (AvgIpc) is 2.89. The van der Waals surface area contributed by atoms with E-state index in [1.165, 1.54) is 5.69 Å². The third-order valence-corrected chi connectivity index (χ3v) is 7.62. The van der Waals surface area contributed by atoms with Gasteiger partial charge in [0.1, 0.15) is 0 Å². The summed E-state index contributed by atoms with van der Waals surface area (Å²) in [4.78, 5) is 30.1. The summed E-state index contributed by atoms with van der Waals surface area (Å²) in [6, 6.07) is 10.2. The molecule has 8 nitrogen and oxygen atoms in total. The molecule has 1 heterocycles. The number of nitrogens with zero attached hydrogens (tertiary/aromatic N) is 2. The largest absolute Gasteiger partial charge is 0.381 e. The SMILES string of the molecule is COC1CCC(O[C@@H]2CC[C@H](C(=O)N3CCN(c4ccccc4)CC3)[C@@H](C(=O)NO)C2)CC1. The number of hydrogen-bond acceptors (Lipinski definition) is 6.